The van der Waals surface area contributed by atoms with Gasteiger partial charge in [-0.15, -0.1) is 0 Å². The van der Waals surface area contributed by atoms with Crippen molar-refractivity contribution >= 4 is 19.8 Å². The van der Waals surface area contributed by atoms with Crippen molar-refractivity contribution in [2.75, 3.05) is 13.2 Å². The largest absolute Gasteiger partial charge is 0.472 e. The van der Waals surface area contributed by atoms with Crippen molar-refractivity contribution in [1.29, 1.82) is 0 Å². The van der Waals surface area contributed by atoms with E-state index in [0.29, 0.717) is 12.8 Å². The van der Waals surface area contributed by atoms with E-state index in [1.165, 1.54) is 141 Å². The molecule has 1 aliphatic carbocycles. The first kappa shape index (κ1) is 55.9. The number of hydrogen-bond acceptors (Lipinski definition) is 12. The van der Waals surface area contributed by atoms with E-state index in [2.05, 4.69) is 13.8 Å². The van der Waals surface area contributed by atoms with E-state index >= 15 is 0 Å². The van der Waals surface area contributed by atoms with Gasteiger partial charge in [0.15, 0.2) is 6.10 Å². The smallest absolute Gasteiger partial charge is 0.462 e. The molecule has 1 aliphatic rings. The fourth-order valence-electron chi connectivity index (χ4n) is 7.58. The van der Waals surface area contributed by atoms with Gasteiger partial charge in [0.25, 0.3) is 0 Å². The van der Waals surface area contributed by atoms with Gasteiger partial charge < -0.3 is 39.9 Å². The number of phosphoric ester groups is 1. The normalized spacial score (nSPS) is 22.2. The summed E-state index contributed by atoms with van der Waals surface area (Å²) in [6.45, 7) is 3.32. The van der Waals surface area contributed by atoms with Gasteiger partial charge in [-0.25, -0.2) is 4.57 Å². The summed E-state index contributed by atoms with van der Waals surface area (Å²) in [7, 11) is -5.11. The second-order valence-electron chi connectivity index (χ2n) is 17.0. The van der Waals surface area contributed by atoms with Crippen LogP contribution in [0.15, 0.2) is 0 Å². The van der Waals surface area contributed by atoms with Crippen molar-refractivity contribution in [1.82, 2.24) is 0 Å². The molecule has 0 saturated heterocycles. The van der Waals surface area contributed by atoms with Crippen LogP contribution in [0.4, 0.5) is 0 Å². The quantitative estimate of drug-likeness (QED) is 0.0193. The molecular weight excluding hydrogens is 779 g/mol. The Morgan fingerprint density at radius 1 is 0.458 bits per heavy atom. The Morgan fingerprint density at radius 2 is 0.763 bits per heavy atom. The number of aliphatic hydroxyl groups is 5. The number of carbonyl (C=O) groups excluding carboxylic acids is 2. The van der Waals surface area contributed by atoms with Crippen LogP contribution in [0.2, 0.25) is 0 Å². The standard InChI is InChI=1S/C45H87O13P/c1-3-5-7-9-11-13-15-17-18-19-20-21-22-24-25-27-29-31-33-38(46)55-35-37(57-39(47)34-32-30-28-26-23-16-14-12-10-8-6-4-2)36-56-59(53,54)58-45-43(51)41(49)40(48)42(50)44(45)52/h37,40-45,48-52H,3-36H2,1-2H3,(H,53,54)/t37-,40?,41-,42?,43?,44?,45?/m0/s1. The molecule has 0 heterocycles. The summed E-state index contributed by atoms with van der Waals surface area (Å²) in [4.78, 5) is 35.7. The zero-order valence-electron chi connectivity index (χ0n) is 37.1. The molecular formula is C45H87O13P. The molecule has 59 heavy (non-hydrogen) atoms. The Balaban J connectivity index is 2.40. The van der Waals surface area contributed by atoms with Gasteiger partial charge in [0, 0.05) is 12.8 Å². The lowest BCUT2D eigenvalue weighted by Crippen LogP contribution is -2.64. The number of aliphatic hydroxyl groups excluding tert-OH is 5. The third-order valence-corrected chi connectivity index (χ3v) is 12.4. The molecule has 0 aliphatic heterocycles. The monoisotopic (exact) mass is 867 g/mol. The van der Waals surface area contributed by atoms with Crippen LogP contribution in [-0.2, 0) is 32.7 Å². The van der Waals surface area contributed by atoms with Gasteiger partial charge in [-0.3, -0.25) is 18.6 Å². The van der Waals surface area contributed by atoms with Gasteiger partial charge in [0.05, 0.1) is 6.61 Å². The maximum Gasteiger partial charge on any atom is 0.472 e. The van der Waals surface area contributed by atoms with E-state index in [0.717, 1.165) is 38.5 Å². The van der Waals surface area contributed by atoms with Crippen LogP contribution >= 0.6 is 7.82 Å². The van der Waals surface area contributed by atoms with E-state index in [1.54, 1.807) is 0 Å². The van der Waals surface area contributed by atoms with E-state index in [1.807, 2.05) is 0 Å². The minimum Gasteiger partial charge on any atom is -0.462 e. The van der Waals surface area contributed by atoms with E-state index in [-0.39, 0.29) is 12.8 Å². The molecule has 1 rings (SSSR count). The maximum atomic E-state index is 12.8. The maximum absolute atomic E-state index is 12.8. The van der Waals surface area contributed by atoms with Crippen molar-refractivity contribution in [2.24, 2.45) is 0 Å². The third kappa shape index (κ3) is 29.0. The Kier molecular flexibility index (Phi) is 34.4. The Bertz CT molecular complexity index is 1050. The molecule has 0 radical (unpaired) electrons. The molecule has 350 valence electrons. The van der Waals surface area contributed by atoms with Crippen LogP contribution in [0, 0.1) is 0 Å². The number of phosphoric acid groups is 1. The second-order valence-corrected chi connectivity index (χ2v) is 18.4. The Labute approximate surface area is 357 Å². The van der Waals surface area contributed by atoms with Crippen LogP contribution in [0.3, 0.4) is 0 Å². The second kappa shape index (κ2) is 36.3. The molecule has 0 bridgehead atoms. The molecule has 0 amide bonds. The summed E-state index contributed by atoms with van der Waals surface area (Å²) < 4.78 is 33.5. The number of carbonyl (C=O) groups is 2. The summed E-state index contributed by atoms with van der Waals surface area (Å²) in [6, 6.07) is 0. The number of ether oxygens (including phenoxy) is 2. The molecule has 6 N–H and O–H groups in total. The van der Waals surface area contributed by atoms with Crippen molar-refractivity contribution in [2.45, 2.75) is 262 Å². The Morgan fingerprint density at radius 3 is 1.12 bits per heavy atom. The zero-order chi connectivity index (χ0) is 43.6. The topological polar surface area (TPSA) is 210 Å². The van der Waals surface area contributed by atoms with Crippen LogP contribution in [0.25, 0.3) is 0 Å². The fourth-order valence-corrected chi connectivity index (χ4v) is 8.56. The zero-order valence-corrected chi connectivity index (χ0v) is 38.0. The summed E-state index contributed by atoms with van der Waals surface area (Å²) in [5, 5.41) is 50.1. The molecule has 0 aromatic heterocycles. The highest BCUT2D eigenvalue weighted by atomic mass is 31.2. The fraction of sp³-hybridized carbons (Fsp3) is 0.956. The van der Waals surface area contributed by atoms with Gasteiger partial charge in [0.2, 0.25) is 0 Å². The number of unbranched alkanes of at least 4 members (excludes halogenated alkanes) is 28. The van der Waals surface area contributed by atoms with Gasteiger partial charge in [-0.05, 0) is 12.8 Å². The van der Waals surface area contributed by atoms with Crippen LogP contribution in [-0.4, -0.2) is 98.3 Å². The average Bonchev–Trinajstić information content (AvgIpc) is 3.21. The lowest BCUT2D eigenvalue weighted by molar-refractivity contribution is -0.220. The lowest BCUT2D eigenvalue weighted by atomic mass is 9.85. The highest BCUT2D eigenvalue weighted by Gasteiger charge is 2.51. The van der Waals surface area contributed by atoms with E-state index in [4.69, 9.17) is 18.5 Å². The summed E-state index contributed by atoms with van der Waals surface area (Å²) in [6.07, 6.45) is 23.0. The number of esters is 2. The van der Waals surface area contributed by atoms with E-state index < -0.39 is 75.7 Å². The molecule has 0 aromatic rings. The van der Waals surface area contributed by atoms with Crippen molar-refractivity contribution in [3.8, 4) is 0 Å². The number of rotatable bonds is 40. The summed E-state index contributed by atoms with van der Waals surface area (Å²) >= 11 is 0. The molecule has 13 nitrogen and oxygen atoms in total. The summed E-state index contributed by atoms with van der Waals surface area (Å²) in [5.74, 6) is -1.08. The third-order valence-electron chi connectivity index (χ3n) is 11.4. The number of hydrogen-bond donors (Lipinski definition) is 6. The van der Waals surface area contributed by atoms with Crippen molar-refractivity contribution in [3.63, 3.8) is 0 Å². The van der Waals surface area contributed by atoms with Gasteiger partial charge >= 0.3 is 19.8 Å². The molecule has 0 aromatic carbocycles. The van der Waals surface area contributed by atoms with E-state index in [9.17, 15) is 44.6 Å². The average molecular weight is 867 g/mol. The molecule has 8 atom stereocenters. The lowest BCUT2D eigenvalue weighted by Gasteiger charge is -2.41. The molecule has 14 heteroatoms. The van der Waals surface area contributed by atoms with Gasteiger partial charge in [-0.1, -0.05) is 194 Å². The van der Waals surface area contributed by atoms with Crippen molar-refractivity contribution < 1.29 is 63.1 Å². The minimum atomic E-state index is -5.11. The van der Waals surface area contributed by atoms with Crippen LogP contribution in [0.1, 0.15) is 219 Å². The van der Waals surface area contributed by atoms with Crippen LogP contribution in [0.5, 0.6) is 0 Å². The van der Waals surface area contributed by atoms with Gasteiger partial charge in [0.1, 0.15) is 43.2 Å². The van der Waals surface area contributed by atoms with Crippen molar-refractivity contribution in [3.05, 3.63) is 0 Å². The van der Waals surface area contributed by atoms with Crippen LogP contribution < -0.4 is 0 Å². The first-order chi connectivity index (χ1) is 28.4. The van der Waals surface area contributed by atoms with Gasteiger partial charge in [-0.2, -0.15) is 0 Å². The molecule has 1 saturated carbocycles. The first-order valence-electron chi connectivity index (χ1n) is 23.8. The molecule has 6 unspecified atom stereocenters. The first-order valence-corrected chi connectivity index (χ1v) is 25.3. The Hall–Kier alpha value is -1.15. The predicted octanol–water partition coefficient (Wildman–Crippen LogP) is 9.28. The predicted molar refractivity (Wildman–Crippen MR) is 231 cm³/mol. The SMILES string of the molecule is CCCCCCCCCCCCCCCCCCCCC(=O)OC[C@@H](COP(=O)(O)OC1C(O)C(O)C(O)[C@H](O)C1O)OC(=O)CCCCCCCCCCCCCC. The highest BCUT2D eigenvalue weighted by molar-refractivity contribution is 7.47. The molecule has 0 spiro atoms. The molecule has 1 fully saturated rings. The summed E-state index contributed by atoms with van der Waals surface area (Å²) in [5.41, 5.74) is 0. The minimum absolute atomic E-state index is 0.104. The highest BCUT2D eigenvalue weighted by Crippen LogP contribution is 2.47.